The van der Waals surface area contributed by atoms with Crippen molar-refractivity contribution in [1.29, 1.82) is 0 Å². The predicted octanol–water partition coefficient (Wildman–Crippen LogP) is -0.528. The molecule has 0 unspecified atom stereocenters. The van der Waals surface area contributed by atoms with Crippen LogP contribution in [0.2, 0.25) is 0 Å². The second-order valence-corrected chi connectivity index (χ2v) is 4.96. The topological polar surface area (TPSA) is 63.2 Å². The van der Waals surface area contributed by atoms with Gasteiger partial charge in [-0.3, -0.25) is 9.52 Å². The first-order valence-corrected chi connectivity index (χ1v) is 5.28. The van der Waals surface area contributed by atoms with Gasteiger partial charge in [0, 0.05) is 5.92 Å². The van der Waals surface area contributed by atoms with Crippen molar-refractivity contribution >= 4 is 15.9 Å². The van der Waals surface area contributed by atoms with Crippen LogP contribution in [0.25, 0.3) is 0 Å². The molecule has 0 aromatic carbocycles. The lowest BCUT2D eigenvalue weighted by Crippen LogP contribution is -2.52. The Morgan fingerprint density at radius 3 is 2.55 bits per heavy atom. The first-order chi connectivity index (χ1) is 5.08. The Balaban J connectivity index is 2.25. The minimum Gasteiger partial charge on any atom is -0.274 e. The summed E-state index contributed by atoms with van der Waals surface area (Å²) in [6.07, 6.45) is 1.74. The monoisotopic (exact) mass is 175 g/mol. The van der Waals surface area contributed by atoms with Gasteiger partial charge in [0.2, 0.25) is 15.9 Å². The van der Waals surface area contributed by atoms with Crippen molar-refractivity contribution in [1.82, 2.24) is 4.72 Å². The molecule has 1 amide bonds. The number of rotatable bonds is 0. The molecule has 0 spiro atoms. The van der Waals surface area contributed by atoms with Crippen molar-refractivity contribution in [2.45, 2.75) is 12.8 Å². The molecule has 62 valence electrons. The average molecular weight is 175 g/mol. The van der Waals surface area contributed by atoms with Crippen molar-refractivity contribution in [3.05, 3.63) is 0 Å². The molecular formula is C6H9NO3S. The van der Waals surface area contributed by atoms with E-state index >= 15 is 0 Å². The zero-order valence-corrected chi connectivity index (χ0v) is 6.73. The third kappa shape index (κ3) is 1.03. The molecule has 2 aliphatic rings. The van der Waals surface area contributed by atoms with E-state index < -0.39 is 10.0 Å². The molecular weight excluding hydrogens is 166 g/mol. The maximum Gasteiger partial charge on any atom is 0.236 e. The summed E-state index contributed by atoms with van der Waals surface area (Å²) in [5.41, 5.74) is 0. The SMILES string of the molecule is O=C1NS(=O)(=O)C[C@@H]2CC[C@H]12. The van der Waals surface area contributed by atoms with Crippen molar-refractivity contribution in [2.75, 3.05) is 5.75 Å². The van der Waals surface area contributed by atoms with Crippen molar-refractivity contribution in [3.8, 4) is 0 Å². The first kappa shape index (κ1) is 7.09. The van der Waals surface area contributed by atoms with Gasteiger partial charge in [0.05, 0.1) is 5.75 Å². The molecule has 1 saturated heterocycles. The highest BCUT2D eigenvalue weighted by Gasteiger charge is 2.44. The molecule has 11 heavy (non-hydrogen) atoms. The number of hydrogen-bond acceptors (Lipinski definition) is 3. The Labute approximate surface area is 65.0 Å². The van der Waals surface area contributed by atoms with E-state index in [1.54, 1.807) is 0 Å². The molecule has 4 nitrogen and oxygen atoms in total. The number of fused-ring (bicyclic) bond motifs is 1. The summed E-state index contributed by atoms with van der Waals surface area (Å²) in [5, 5.41) is 0. The van der Waals surface area contributed by atoms with Gasteiger partial charge in [0.1, 0.15) is 0 Å². The largest absolute Gasteiger partial charge is 0.274 e. The highest BCUT2D eigenvalue weighted by atomic mass is 32.2. The quantitative estimate of drug-likeness (QED) is 0.538. The Morgan fingerprint density at radius 1 is 1.36 bits per heavy atom. The lowest BCUT2D eigenvalue weighted by molar-refractivity contribution is -0.128. The van der Waals surface area contributed by atoms with E-state index in [2.05, 4.69) is 0 Å². The van der Waals surface area contributed by atoms with Gasteiger partial charge < -0.3 is 0 Å². The number of hydrogen-bond donors (Lipinski definition) is 1. The van der Waals surface area contributed by atoms with Crippen LogP contribution in [0.5, 0.6) is 0 Å². The predicted molar refractivity (Wildman–Crippen MR) is 38.1 cm³/mol. The third-order valence-corrected chi connectivity index (χ3v) is 3.82. The van der Waals surface area contributed by atoms with Crippen LogP contribution in [0.1, 0.15) is 12.8 Å². The van der Waals surface area contributed by atoms with Gasteiger partial charge in [0.25, 0.3) is 0 Å². The zero-order chi connectivity index (χ0) is 8.06. The molecule has 0 bridgehead atoms. The van der Waals surface area contributed by atoms with Gasteiger partial charge in [-0.1, -0.05) is 0 Å². The van der Waals surface area contributed by atoms with Crippen LogP contribution < -0.4 is 4.72 Å². The van der Waals surface area contributed by atoms with Gasteiger partial charge >= 0.3 is 0 Å². The van der Waals surface area contributed by atoms with Crippen LogP contribution in [0.3, 0.4) is 0 Å². The smallest absolute Gasteiger partial charge is 0.236 e. The maximum absolute atomic E-state index is 11.0. The second kappa shape index (κ2) is 1.97. The molecule has 1 aliphatic carbocycles. The Hall–Kier alpha value is -0.580. The van der Waals surface area contributed by atoms with E-state index in [0.717, 1.165) is 12.8 Å². The Bertz CT molecular complexity index is 295. The average Bonchev–Trinajstić information content (AvgIpc) is 1.76. The van der Waals surface area contributed by atoms with E-state index in [1.807, 2.05) is 4.72 Å². The fourth-order valence-corrected chi connectivity index (χ4v) is 3.17. The molecule has 2 fully saturated rings. The highest BCUT2D eigenvalue weighted by molar-refractivity contribution is 7.90. The standard InChI is InChI=1S/C6H9NO3S/c8-6-5-2-1-4(5)3-11(9,10)7-6/h4-5H,1-3H2,(H,7,8)/t4-,5-/m0/s1. The minimum atomic E-state index is -3.26. The van der Waals surface area contributed by atoms with Crippen LogP contribution >= 0.6 is 0 Å². The fraction of sp³-hybridized carbons (Fsp3) is 0.833. The van der Waals surface area contributed by atoms with Gasteiger partial charge in [-0.15, -0.1) is 0 Å². The molecule has 5 heteroatoms. The molecule has 0 radical (unpaired) electrons. The van der Waals surface area contributed by atoms with Crippen molar-refractivity contribution in [3.63, 3.8) is 0 Å². The molecule has 2 rings (SSSR count). The normalized spacial score (nSPS) is 40.2. The Morgan fingerprint density at radius 2 is 2.09 bits per heavy atom. The van der Waals surface area contributed by atoms with Gasteiger partial charge in [-0.25, -0.2) is 8.42 Å². The van der Waals surface area contributed by atoms with Gasteiger partial charge in [-0.2, -0.15) is 0 Å². The third-order valence-electron chi connectivity index (χ3n) is 2.44. The summed E-state index contributed by atoms with van der Waals surface area (Å²) in [7, 11) is -3.26. The summed E-state index contributed by atoms with van der Waals surface area (Å²) in [4.78, 5) is 11.0. The number of carbonyl (C=O) groups is 1. The maximum atomic E-state index is 11.0. The van der Waals surface area contributed by atoms with Crippen LogP contribution in [0.15, 0.2) is 0 Å². The van der Waals surface area contributed by atoms with Crippen molar-refractivity contribution < 1.29 is 13.2 Å². The summed E-state index contributed by atoms with van der Waals surface area (Å²) in [6, 6.07) is 0. The van der Waals surface area contributed by atoms with E-state index in [0.29, 0.717) is 0 Å². The highest BCUT2D eigenvalue weighted by Crippen LogP contribution is 2.37. The van der Waals surface area contributed by atoms with Gasteiger partial charge in [-0.05, 0) is 18.8 Å². The van der Waals surface area contributed by atoms with Crippen molar-refractivity contribution in [2.24, 2.45) is 11.8 Å². The van der Waals surface area contributed by atoms with E-state index in [1.165, 1.54) is 0 Å². The first-order valence-electron chi connectivity index (χ1n) is 3.63. The molecule has 1 aliphatic heterocycles. The molecule has 1 heterocycles. The summed E-state index contributed by atoms with van der Waals surface area (Å²) in [5.74, 6) is -0.0663. The number of amides is 1. The summed E-state index contributed by atoms with van der Waals surface area (Å²) in [6.45, 7) is 0. The van der Waals surface area contributed by atoms with Crippen LogP contribution in [0, 0.1) is 11.8 Å². The van der Waals surface area contributed by atoms with Crippen LogP contribution in [-0.2, 0) is 14.8 Å². The zero-order valence-electron chi connectivity index (χ0n) is 5.91. The van der Waals surface area contributed by atoms with E-state index in [4.69, 9.17) is 0 Å². The number of carbonyl (C=O) groups excluding carboxylic acids is 1. The lowest BCUT2D eigenvalue weighted by Gasteiger charge is -2.38. The summed E-state index contributed by atoms with van der Waals surface area (Å²) >= 11 is 0. The van der Waals surface area contributed by atoms with Gasteiger partial charge in [0.15, 0.2) is 0 Å². The Kier molecular flexibility index (Phi) is 1.27. The second-order valence-electron chi connectivity index (χ2n) is 3.19. The molecule has 1 N–H and O–H groups in total. The van der Waals surface area contributed by atoms with E-state index in [-0.39, 0.29) is 23.5 Å². The number of sulfonamides is 1. The molecule has 1 saturated carbocycles. The molecule has 2 atom stereocenters. The minimum absolute atomic E-state index is 0.0153. The van der Waals surface area contributed by atoms with Crippen LogP contribution in [-0.4, -0.2) is 20.1 Å². The molecule has 0 aromatic rings. The molecule has 0 aromatic heterocycles. The van der Waals surface area contributed by atoms with E-state index in [9.17, 15) is 13.2 Å². The fourth-order valence-electron chi connectivity index (χ4n) is 1.67. The summed E-state index contributed by atoms with van der Waals surface area (Å²) < 4.78 is 23.9. The number of nitrogens with one attached hydrogen (secondary N) is 1. The van der Waals surface area contributed by atoms with Crippen LogP contribution in [0.4, 0.5) is 0 Å². The lowest BCUT2D eigenvalue weighted by atomic mass is 9.74.